The van der Waals surface area contributed by atoms with E-state index in [1.54, 1.807) is 24.1 Å². The van der Waals surface area contributed by atoms with Gasteiger partial charge in [-0.1, -0.05) is 12.1 Å². The second-order valence-electron chi connectivity index (χ2n) is 7.73. The number of anilines is 1. The number of aromatic nitrogens is 3. The lowest BCUT2D eigenvalue weighted by Gasteiger charge is -2.25. The van der Waals surface area contributed by atoms with Crippen molar-refractivity contribution in [1.29, 1.82) is 0 Å². The number of nitrogens with one attached hydrogen (secondary N) is 1. The molecule has 1 aliphatic carbocycles. The highest BCUT2D eigenvalue weighted by atomic mass is 32.2. The molecule has 3 heterocycles. The Morgan fingerprint density at radius 3 is 2.97 bits per heavy atom. The van der Waals surface area contributed by atoms with Gasteiger partial charge >= 0.3 is 6.03 Å². The summed E-state index contributed by atoms with van der Waals surface area (Å²) in [5, 5.41) is 12.9. The Morgan fingerprint density at radius 2 is 2.22 bits per heavy atom. The van der Waals surface area contributed by atoms with Crippen LogP contribution in [0.5, 0.6) is 11.8 Å². The number of methoxy groups -OCH3 is 1. The molecule has 2 aliphatic rings. The third-order valence-corrected chi connectivity index (χ3v) is 6.92. The van der Waals surface area contributed by atoms with Crippen LogP contribution in [0.1, 0.15) is 18.1 Å². The van der Waals surface area contributed by atoms with Crippen molar-refractivity contribution in [2.45, 2.75) is 37.3 Å². The van der Waals surface area contributed by atoms with Crippen molar-refractivity contribution in [1.82, 2.24) is 14.8 Å². The number of urea groups is 1. The van der Waals surface area contributed by atoms with Crippen LogP contribution in [0, 0.1) is 0 Å². The van der Waals surface area contributed by atoms with E-state index in [2.05, 4.69) is 19.8 Å². The molecule has 11 heteroatoms. The van der Waals surface area contributed by atoms with Gasteiger partial charge in [0.15, 0.2) is 9.92 Å². The molecule has 3 N–H and O–H groups in total. The highest BCUT2D eigenvalue weighted by molar-refractivity contribution is 7.91. The number of benzene rings is 1. The third kappa shape index (κ3) is 3.49. The number of ether oxygens (including phenoxy) is 2. The molecule has 3 aromatic rings. The van der Waals surface area contributed by atoms with Crippen LogP contribution in [-0.4, -0.2) is 38.2 Å². The molecule has 32 heavy (non-hydrogen) atoms. The van der Waals surface area contributed by atoms with Gasteiger partial charge in [-0.2, -0.15) is 5.10 Å². The Morgan fingerprint density at radius 1 is 1.38 bits per heavy atom. The minimum absolute atomic E-state index is 0.108. The summed E-state index contributed by atoms with van der Waals surface area (Å²) in [5.74, 6) is 0.747. The van der Waals surface area contributed by atoms with Gasteiger partial charge < -0.3 is 14.8 Å². The number of amides is 2. The normalized spacial score (nSPS) is 17.9. The lowest BCUT2D eigenvalue weighted by Crippen LogP contribution is -2.20. The first kappa shape index (κ1) is 20.5. The first-order valence-corrected chi connectivity index (χ1v) is 11.7. The van der Waals surface area contributed by atoms with E-state index in [0.717, 1.165) is 35.1 Å². The fourth-order valence-corrected chi connectivity index (χ4v) is 4.94. The Bertz CT molecular complexity index is 1360. The number of nitrogens with two attached hydrogens (primary N) is 1. The summed E-state index contributed by atoms with van der Waals surface area (Å²) >= 11 is 0. The van der Waals surface area contributed by atoms with Gasteiger partial charge in [0.25, 0.3) is 0 Å². The number of carbonyl (C=O) groups excluding carboxylic acids is 1. The number of carbonyl (C=O) groups is 1. The van der Waals surface area contributed by atoms with Crippen LogP contribution >= 0.6 is 0 Å². The first-order chi connectivity index (χ1) is 15.4. The van der Waals surface area contributed by atoms with E-state index in [-0.39, 0.29) is 16.9 Å². The number of pyridine rings is 1. The summed E-state index contributed by atoms with van der Waals surface area (Å²) in [7, 11) is -2.01. The molecule has 2 amide bonds. The van der Waals surface area contributed by atoms with E-state index in [1.165, 1.54) is 6.20 Å². The molecular weight excluding hydrogens is 432 g/mol. The zero-order valence-corrected chi connectivity index (χ0v) is 18.4. The molecule has 1 aromatic carbocycles. The van der Waals surface area contributed by atoms with Crippen LogP contribution < -0.4 is 19.9 Å². The predicted octanol–water partition coefficient (Wildman–Crippen LogP) is 2.77. The molecule has 1 aliphatic heterocycles. The molecule has 2 aromatic heterocycles. The lowest BCUT2D eigenvalue weighted by atomic mass is 9.84. The van der Waals surface area contributed by atoms with Gasteiger partial charge in [0.1, 0.15) is 11.0 Å². The number of fused-ring (bicyclic) bond motifs is 2. The van der Waals surface area contributed by atoms with Gasteiger partial charge in [-0.3, -0.25) is 0 Å². The van der Waals surface area contributed by atoms with E-state index < -0.39 is 15.9 Å². The molecule has 0 spiro atoms. The smallest absolute Gasteiger partial charge is 0.354 e. The molecule has 0 fully saturated rings. The van der Waals surface area contributed by atoms with Crippen molar-refractivity contribution in [3.8, 4) is 22.9 Å². The maximum absolute atomic E-state index is 13.1. The number of rotatable bonds is 4. The number of nitrogens with zero attached hydrogens (tertiary/aromatic N) is 4. The second-order valence-corrected chi connectivity index (χ2v) is 9.49. The summed E-state index contributed by atoms with van der Waals surface area (Å²) in [6, 6.07) is 6.78. The highest BCUT2D eigenvalue weighted by Crippen LogP contribution is 2.39. The summed E-state index contributed by atoms with van der Waals surface area (Å²) in [4.78, 5) is 17.1. The molecule has 2 atom stereocenters. The number of hydrogen-bond donors (Lipinski definition) is 2. The summed E-state index contributed by atoms with van der Waals surface area (Å²) < 4.78 is 29.3. The van der Waals surface area contributed by atoms with Crippen LogP contribution in [0.15, 0.2) is 45.9 Å². The molecule has 0 bridgehead atoms. The van der Waals surface area contributed by atoms with E-state index >= 15 is 0 Å². The summed E-state index contributed by atoms with van der Waals surface area (Å²) in [6.07, 6.45) is 4.61. The molecule has 10 nitrogen and oxygen atoms in total. The lowest BCUT2D eigenvalue weighted by molar-refractivity contribution is 0.248. The van der Waals surface area contributed by atoms with Crippen molar-refractivity contribution in [3.63, 3.8) is 0 Å². The predicted molar refractivity (Wildman–Crippen MR) is 118 cm³/mol. The van der Waals surface area contributed by atoms with Gasteiger partial charge in [0.2, 0.25) is 11.8 Å². The summed E-state index contributed by atoms with van der Waals surface area (Å²) in [6.45, 7) is 2.38. The van der Waals surface area contributed by atoms with Crippen molar-refractivity contribution in [2.75, 3.05) is 12.4 Å². The van der Waals surface area contributed by atoms with Gasteiger partial charge in [-0.25, -0.2) is 23.8 Å². The fourth-order valence-electron chi connectivity index (χ4n) is 3.95. The third-order valence-electron chi connectivity index (χ3n) is 5.58. The molecular formula is C21H22N6O4S. The first-order valence-electron chi connectivity index (χ1n) is 10.1. The van der Waals surface area contributed by atoms with Gasteiger partial charge in [-0.15, -0.1) is 4.36 Å². The highest BCUT2D eigenvalue weighted by Gasteiger charge is 2.29. The number of hydrogen-bond acceptors (Lipinski definition) is 6. The van der Waals surface area contributed by atoms with Crippen LogP contribution in [0.2, 0.25) is 0 Å². The second kappa shape index (κ2) is 7.61. The van der Waals surface area contributed by atoms with Crippen LogP contribution in [-0.2, 0) is 29.3 Å². The molecule has 0 radical (unpaired) electrons. The van der Waals surface area contributed by atoms with Crippen molar-refractivity contribution in [3.05, 3.63) is 47.8 Å². The van der Waals surface area contributed by atoms with Gasteiger partial charge in [0.05, 0.1) is 25.5 Å². The fraction of sp³-hybridized carbons (Fsp3) is 0.286. The molecule has 0 saturated heterocycles. The Labute approximate surface area is 185 Å². The van der Waals surface area contributed by atoms with Crippen molar-refractivity contribution < 1.29 is 18.5 Å². The average molecular weight is 455 g/mol. The van der Waals surface area contributed by atoms with Gasteiger partial charge in [0, 0.05) is 17.8 Å². The van der Waals surface area contributed by atoms with Gasteiger partial charge in [-0.05, 0) is 42.5 Å². The SMILES string of the molecule is COc1cc(-c2ccc3c(c2NC(=O)N=[S@@](N)(=O)c2cnn4c2O[C@@H](C)C4)CC3)ccn1. The zero-order chi connectivity index (χ0) is 22.5. The minimum Gasteiger partial charge on any atom is -0.481 e. The van der Waals surface area contributed by atoms with Crippen molar-refractivity contribution >= 4 is 21.6 Å². The zero-order valence-electron chi connectivity index (χ0n) is 17.6. The minimum atomic E-state index is -3.55. The van der Waals surface area contributed by atoms with Crippen LogP contribution in [0.4, 0.5) is 10.5 Å². The standard InChI is InChI=1S/C21H22N6O4S/c1-12-11-27-20(31-12)17(10-24-27)32(22,29)26-21(28)25-19-15-5-3-13(15)4-6-16(19)14-7-8-23-18(9-14)30-2/h4,6-10,12H,3,5,11H2,1-2H3,(H3,22,25,26,28,29)/t12-,32+/m0/s1. The molecule has 166 valence electrons. The summed E-state index contributed by atoms with van der Waals surface area (Å²) in [5.41, 5.74) is 4.41. The quantitative estimate of drug-likeness (QED) is 0.623. The molecule has 0 saturated carbocycles. The van der Waals surface area contributed by atoms with E-state index in [9.17, 15) is 9.00 Å². The Kier molecular flexibility index (Phi) is 4.86. The topological polar surface area (TPSA) is 134 Å². The Balaban J connectivity index is 1.50. The van der Waals surface area contributed by atoms with Crippen molar-refractivity contribution in [2.24, 2.45) is 9.50 Å². The monoisotopic (exact) mass is 454 g/mol. The molecule has 5 rings (SSSR count). The van der Waals surface area contributed by atoms with E-state index in [1.807, 2.05) is 25.1 Å². The van der Waals surface area contributed by atoms with E-state index in [0.29, 0.717) is 18.1 Å². The Hall–Kier alpha value is -3.44. The number of aryl methyl sites for hydroxylation is 1. The maximum Gasteiger partial charge on any atom is 0.354 e. The molecule has 0 unspecified atom stereocenters. The van der Waals surface area contributed by atoms with Crippen LogP contribution in [0.25, 0.3) is 11.1 Å². The van der Waals surface area contributed by atoms with E-state index in [4.69, 9.17) is 14.6 Å². The van der Waals surface area contributed by atoms with Crippen LogP contribution in [0.3, 0.4) is 0 Å². The average Bonchev–Trinajstić information content (AvgIpc) is 3.28. The largest absolute Gasteiger partial charge is 0.481 e. The maximum atomic E-state index is 13.1.